The van der Waals surface area contributed by atoms with Gasteiger partial charge in [-0.25, -0.2) is 0 Å². The van der Waals surface area contributed by atoms with Gasteiger partial charge in [-0.2, -0.15) is 0 Å². The van der Waals surface area contributed by atoms with E-state index in [9.17, 15) is 4.79 Å². The Morgan fingerprint density at radius 1 is 1.13 bits per heavy atom. The van der Waals surface area contributed by atoms with E-state index in [1.807, 2.05) is 18.2 Å². The lowest BCUT2D eigenvalue weighted by molar-refractivity contribution is -0.670. The summed E-state index contributed by atoms with van der Waals surface area (Å²) >= 11 is 0. The fraction of sp³-hybridized carbons (Fsp3) is 0.458. The van der Waals surface area contributed by atoms with Crippen LogP contribution in [-0.4, -0.2) is 34.4 Å². The number of hydrogen-bond acceptors (Lipinski definition) is 5. The molecule has 0 radical (unpaired) electrons. The molecule has 3 rings (SSSR count). The fourth-order valence-electron chi connectivity index (χ4n) is 4.18. The van der Waals surface area contributed by atoms with Crippen LogP contribution >= 0.6 is 0 Å². The standard InChI is InChI=1S/C24H32N2O4/c1-7-14(2)26-19-11-9-16-17(13-20(19)27)18(25-3)10-8-15-12-21(28-4)23(29-5)24(30-6)22(15)16/h9,11-14,18,25H,7-8,10H2,1-6H3,(H,26,27)/p+1. The number of nitrogens with one attached hydrogen (secondary N) is 1. The Labute approximate surface area is 178 Å². The molecule has 162 valence electrons. The lowest BCUT2D eigenvalue weighted by atomic mass is 9.95. The molecule has 0 heterocycles. The molecule has 0 aliphatic heterocycles. The second-order valence-corrected chi connectivity index (χ2v) is 7.74. The Hall–Kier alpha value is -2.73. The molecule has 0 bridgehead atoms. The molecule has 2 atom stereocenters. The third-order valence-electron chi connectivity index (χ3n) is 6.00. The fourth-order valence-corrected chi connectivity index (χ4v) is 4.18. The number of ether oxygens (including phenoxy) is 3. The summed E-state index contributed by atoms with van der Waals surface area (Å²) < 4.78 is 17.0. The molecule has 0 saturated heterocycles. The number of benzene rings is 1. The zero-order chi connectivity index (χ0) is 21.8. The topological polar surface area (TPSA) is 73.4 Å². The van der Waals surface area contributed by atoms with Crippen molar-refractivity contribution in [3.05, 3.63) is 45.6 Å². The van der Waals surface area contributed by atoms with Crippen LogP contribution in [0, 0.1) is 0 Å². The third kappa shape index (κ3) is 3.97. The summed E-state index contributed by atoms with van der Waals surface area (Å²) in [4.78, 5) is 13.1. The van der Waals surface area contributed by atoms with Crippen LogP contribution < -0.4 is 30.3 Å². The van der Waals surface area contributed by atoms with E-state index in [0.29, 0.717) is 22.9 Å². The van der Waals surface area contributed by atoms with Crippen LogP contribution in [0.4, 0.5) is 5.69 Å². The number of aryl methyl sites for hydroxylation is 1. The zero-order valence-electron chi connectivity index (χ0n) is 18.8. The van der Waals surface area contributed by atoms with Gasteiger partial charge in [0.05, 0.1) is 34.1 Å². The molecule has 6 nitrogen and oxygen atoms in total. The normalized spacial score (nSPS) is 16.0. The highest BCUT2D eigenvalue weighted by atomic mass is 16.5. The Balaban J connectivity index is 2.35. The van der Waals surface area contributed by atoms with E-state index in [-0.39, 0.29) is 17.5 Å². The summed E-state index contributed by atoms with van der Waals surface area (Å²) in [5.41, 5.74) is 4.74. The molecule has 3 N–H and O–H groups in total. The van der Waals surface area contributed by atoms with Crippen LogP contribution in [-0.2, 0) is 6.42 Å². The largest absolute Gasteiger partial charge is 0.493 e. The van der Waals surface area contributed by atoms with Gasteiger partial charge in [-0.15, -0.1) is 0 Å². The van der Waals surface area contributed by atoms with Gasteiger partial charge in [-0.1, -0.05) is 13.0 Å². The van der Waals surface area contributed by atoms with Crippen LogP contribution in [0.1, 0.15) is 43.9 Å². The first-order valence-electron chi connectivity index (χ1n) is 10.5. The molecule has 0 amide bonds. The van der Waals surface area contributed by atoms with Crippen molar-refractivity contribution in [1.29, 1.82) is 0 Å². The molecular formula is C24H33N2O4+. The van der Waals surface area contributed by atoms with Gasteiger partial charge in [-0.05, 0) is 49.1 Å². The van der Waals surface area contributed by atoms with Gasteiger partial charge >= 0.3 is 0 Å². The number of fused-ring (bicyclic) bond motifs is 3. The van der Waals surface area contributed by atoms with E-state index in [1.54, 1.807) is 27.4 Å². The van der Waals surface area contributed by atoms with Crippen molar-refractivity contribution >= 4 is 5.69 Å². The minimum Gasteiger partial charge on any atom is -0.493 e. The van der Waals surface area contributed by atoms with Gasteiger partial charge in [0.25, 0.3) is 0 Å². The Morgan fingerprint density at radius 3 is 2.47 bits per heavy atom. The van der Waals surface area contributed by atoms with Crippen molar-refractivity contribution in [3.63, 3.8) is 0 Å². The summed E-state index contributed by atoms with van der Waals surface area (Å²) in [6, 6.07) is 8.14. The van der Waals surface area contributed by atoms with E-state index in [0.717, 1.165) is 41.5 Å². The highest BCUT2D eigenvalue weighted by Crippen LogP contribution is 2.49. The number of hydrogen-bond donors (Lipinski definition) is 2. The van der Waals surface area contributed by atoms with Gasteiger partial charge in [0.1, 0.15) is 6.04 Å². The first-order chi connectivity index (χ1) is 14.5. The molecule has 1 aliphatic rings. The van der Waals surface area contributed by atoms with Crippen LogP contribution in [0.5, 0.6) is 17.2 Å². The van der Waals surface area contributed by atoms with Crippen LogP contribution in [0.25, 0.3) is 11.1 Å². The molecule has 2 unspecified atom stereocenters. The van der Waals surface area contributed by atoms with Gasteiger partial charge in [0.2, 0.25) is 11.2 Å². The molecule has 0 spiro atoms. The average Bonchev–Trinajstić information content (AvgIpc) is 3.00. The van der Waals surface area contributed by atoms with Crippen molar-refractivity contribution in [2.24, 2.45) is 0 Å². The maximum Gasteiger partial charge on any atom is 0.203 e. The molecule has 6 heteroatoms. The summed E-state index contributed by atoms with van der Waals surface area (Å²) in [6.45, 7) is 4.18. The predicted octanol–water partition coefficient (Wildman–Crippen LogP) is 3.13. The van der Waals surface area contributed by atoms with E-state index >= 15 is 0 Å². The molecule has 0 saturated carbocycles. The maximum atomic E-state index is 13.1. The van der Waals surface area contributed by atoms with Crippen molar-refractivity contribution < 1.29 is 19.5 Å². The lowest BCUT2D eigenvalue weighted by Crippen LogP contribution is -2.81. The number of quaternary nitrogens is 1. The average molecular weight is 414 g/mol. The van der Waals surface area contributed by atoms with E-state index < -0.39 is 0 Å². The van der Waals surface area contributed by atoms with E-state index in [1.165, 1.54) is 0 Å². The number of rotatable bonds is 7. The maximum absolute atomic E-state index is 13.1. The van der Waals surface area contributed by atoms with Gasteiger partial charge < -0.3 is 24.8 Å². The second-order valence-electron chi connectivity index (χ2n) is 7.74. The van der Waals surface area contributed by atoms with Crippen molar-refractivity contribution in [3.8, 4) is 28.4 Å². The number of methoxy groups -OCH3 is 3. The van der Waals surface area contributed by atoms with Crippen molar-refractivity contribution in [1.82, 2.24) is 0 Å². The summed E-state index contributed by atoms with van der Waals surface area (Å²) in [5, 5.41) is 5.52. The van der Waals surface area contributed by atoms with Crippen molar-refractivity contribution in [2.75, 3.05) is 33.7 Å². The Kier molecular flexibility index (Phi) is 6.87. The highest BCUT2D eigenvalue weighted by Gasteiger charge is 2.29. The quantitative estimate of drug-likeness (QED) is 0.730. The molecule has 0 aromatic heterocycles. The first-order valence-corrected chi connectivity index (χ1v) is 10.5. The number of nitrogens with two attached hydrogens (primary N) is 1. The van der Waals surface area contributed by atoms with Gasteiger partial charge in [0.15, 0.2) is 11.5 Å². The smallest absolute Gasteiger partial charge is 0.203 e. The van der Waals surface area contributed by atoms with Gasteiger partial charge in [0, 0.05) is 23.6 Å². The summed E-state index contributed by atoms with van der Waals surface area (Å²) in [7, 11) is 6.94. The van der Waals surface area contributed by atoms with Gasteiger partial charge in [-0.3, -0.25) is 4.79 Å². The molecule has 30 heavy (non-hydrogen) atoms. The van der Waals surface area contributed by atoms with E-state index in [4.69, 9.17) is 14.2 Å². The van der Waals surface area contributed by atoms with E-state index in [2.05, 4.69) is 31.5 Å². The molecule has 1 aliphatic carbocycles. The van der Waals surface area contributed by atoms with Crippen LogP contribution in [0.15, 0.2) is 29.1 Å². The van der Waals surface area contributed by atoms with Crippen LogP contribution in [0.3, 0.4) is 0 Å². The predicted molar refractivity (Wildman–Crippen MR) is 120 cm³/mol. The van der Waals surface area contributed by atoms with Crippen LogP contribution in [0.2, 0.25) is 0 Å². The second kappa shape index (κ2) is 9.39. The number of anilines is 1. The molecule has 0 fully saturated rings. The minimum atomic E-state index is 0.00583. The lowest BCUT2D eigenvalue weighted by Gasteiger charge is -2.19. The SMILES string of the molecule is CCC(C)Nc1ccc2c(cc1=O)C([NH2+]C)CCc1cc(OC)c(OC)c(OC)c1-2. The monoisotopic (exact) mass is 413 g/mol. The Bertz CT molecular complexity index is 974. The Morgan fingerprint density at radius 2 is 1.87 bits per heavy atom. The molecule has 2 aromatic rings. The van der Waals surface area contributed by atoms with Crippen molar-refractivity contribution in [2.45, 2.75) is 45.2 Å². The molecular weight excluding hydrogens is 380 g/mol. The summed E-state index contributed by atoms with van der Waals surface area (Å²) in [5.74, 6) is 1.85. The summed E-state index contributed by atoms with van der Waals surface area (Å²) in [6.07, 6.45) is 2.70. The zero-order valence-corrected chi connectivity index (χ0v) is 18.8. The first kappa shape index (κ1) is 22.0. The third-order valence-corrected chi connectivity index (χ3v) is 6.00. The highest BCUT2D eigenvalue weighted by molar-refractivity contribution is 5.82. The molecule has 2 aromatic carbocycles. The minimum absolute atomic E-state index is 0.00583.